The molecule has 0 aromatic carbocycles. The van der Waals surface area contributed by atoms with E-state index >= 15 is 0 Å². The van der Waals surface area contributed by atoms with E-state index in [9.17, 15) is 0 Å². The lowest BCUT2D eigenvalue weighted by molar-refractivity contribution is -0.144. The summed E-state index contributed by atoms with van der Waals surface area (Å²) in [5, 5.41) is 0. The maximum Gasteiger partial charge on any atom is 0.175 e. The van der Waals surface area contributed by atoms with E-state index in [0.29, 0.717) is 39.5 Å². The predicted octanol–water partition coefficient (Wildman–Crippen LogP) is 5.17. The maximum atomic E-state index is 5.69. The third-order valence-corrected chi connectivity index (χ3v) is 6.65. The van der Waals surface area contributed by atoms with Crippen molar-refractivity contribution in [1.82, 2.24) is 9.13 Å². The second-order valence-corrected chi connectivity index (χ2v) is 8.97. The van der Waals surface area contributed by atoms with Crippen molar-refractivity contribution in [3.05, 3.63) is 48.0 Å². The first-order valence-corrected chi connectivity index (χ1v) is 13.2. The maximum absolute atomic E-state index is 5.69. The molecule has 0 fully saturated rings. The Morgan fingerprint density at radius 2 is 1.03 bits per heavy atom. The van der Waals surface area contributed by atoms with Crippen LogP contribution < -0.4 is 0 Å². The van der Waals surface area contributed by atoms with Crippen LogP contribution in [0.2, 0.25) is 0 Å². The Bertz CT molecular complexity index is 622. The van der Waals surface area contributed by atoms with Crippen LogP contribution in [0.3, 0.4) is 0 Å². The van der Waals surface area contributed by atoms with Crippen LogP contribution in [0.5, 0.6) is 0 Å². The largest absolute Gasteiger partial charge is 0.351 e. The van der Waals surface area contributed by atoms with Crippen LogP contribution in [-0.4, -0.2) is 48.1 Å². The lowest BCUT2D eigenvalue weighted by Crippen LogP contribution is -2.24. The van der Waals surface area contributed by atoms with Gasteiger partial charge in [0.1, 0.15) is 0 Å². The summed E-state index contributed by atoms with van der Waals surface area (Å²) in [5.74, 6) is 1.87. The number of aromatic nitrogens is 2. The first-order valence-electron chi connectivity index (χ1n) is 10.7. The minimum absolute atomic E-state index is 0.198. The SMILES string of the molecule is CCOC(Cn1cccc1CSSCc1cccn1CC(OCC)OCC)OCC. The molecule has 0 atom stereocenters. The highest BCUT2D eigenvalue weighted by molar-refractivity contribution is 8.76. The monoisotopic (exact) mass is 456 g/mol. The van der Waals surface area contributed by atoms with Crippen LogP contribution >= 0.6 is 21.6 Å². The van der Waals surface area contributed by atoms with Crippen LogP contribution in [0.25, 0.3) is 0 Å². The quantitative estimate of drug-likeness (QED) is 0.186. The van der Waals surface area contributed by atoms with E-state index in [2.05, 4.69) is 45.8 Å². The molecule has 30 heavy (non-hydrogen) atoms. The second kappa shape index (κ2) is 15.0. The van der Waals surface area contributed by atoms with Gasteiger partial charge < -0.3 is 28.1 Å². The van der Waals surface area contributed by atoms with Gasteiger partial charge in [0.25, 0.3) is 0 Å². The van der Waals surface area contributed by atoms with Crippen molar-refractivity contribution in [2.24, 2.45) is 0 Å². The molecular formula is C22H36N2O4S2. The molecule has 0 radical (unpaired) electrons. The van der Waals surface area contributed by atoms with Crippen LogP contribution in [0.4, 0.5) is 0 Å². The average molecular weight is 457 g/mol. The van der Waals surface area contributed by atoms with Crippen LogP contribution in [-0.2, 0) is 43.5 Å². The fraction of sp³-hybridized carbons (Fsp3) is 0.636. The lowest BCUT2D eigenvalue weighted by atomic mass is 10.4. The number of ether oxygens (including phenoxy) is 4. The molecule has 2 aromatic rings. The number of nitrogens with zero attached hydrogens (tertiary/aromatic N) is 2. The van der Waals surface area contributed by atoms with Gasteiger partial charge in [-0.2, -0.15) is 0 Å². The van der Waals surface area contributed by atoms with Crippen molar-refractivity contribution < 1.29 is 18.9 Å². The van der Waals surface area contributed by atoms with E-state index in [1.165, 1.54) is 11.4 Å². The van der Waals surface area contributed by atoms with E-state index in [4.69, 9.17) is 18.9 Å². The Morgan fingerprint density at radius 1 is 0.667 bits per heavy atom. The van der Waals surface area contributed by atoms with Gasteiger partial charge in [0, 0.05) is 61.7 Å². The molecule has 0 unspecified atom stereocenters. The highest BCUT2D eigenvalue weighted by Gasteiger charge is 2.13. The van der Waals surface area contributed by atoms with Gasteiger partial charge in [0.15, 0.2) is 12.6 Å². The Kier molecular flexibility index (Phi) is 12.7. The topological polar surface area (TPSA) is 46.8 Å². The summed E-state index contributed by atoms with van der Waals surface area (Å²) in [6.45, 7) is 12.0. The fourth-order valence-corrected chi connectivity index (χ4v) is 5.25. The van der Waals surface area contributed by atoms with E-state index in [0.717, 1.165) is 11.5 Å². The molecule has 8 heteroatoms. The van der Waals surface area contributed by atoms with Crippen LogP contribution in [0.1, 0.15) is 39.1 Å². The molecule has 0 N–H and O–H groups in total. The van der Waals surface area contributed by atoms with Crippen molar-refractivity contribution in [1.29, 1.82) is 0 Å². The van der Waals surface area contributed by atoms with Crippen LogP contribution in [0, 0.1) is 0 Å². The highest BCUT2D eigenvalue weighted by Crippen LogP contribution is 2.30. The Hall–Kier alpha value is -0.900. The molecule has 0 saturated heterocycles. The first-order chi connectivity index (χ1) is 14.7. The van der Waals surface area contributed by atoms with Gasteiger partial charge in [-0.15, -0.1) is 0 Å². The summed E-state index contributed by atoms with van der Waals surface area (Å²) >= 11 is 0. The molecule has 170 valence electrons. The van der Waals surface area contributed by atoms with Gasteiger partial charge in [-0.05, 0) is 52.0 Å². The van der Waals surface area contributed by atoms with Crippen molar-refractivity contribution in [2.45, 2.75) is 64.9 Å². The van der Waals surface area contributed by atoms with Gasteiger partial charge in [0.05, 0.1) is 13.1 Å². The zero-order valence-corrected chi connectivity index (χ0v) is 20.3. The Morgan fingerprint density at radius 3 is 1.37 bits per heavy atom. The van der Waals surface area contributed by atoms with Crippen molar-refractivity contribution >= 4 is 21.6 Å². The molecule has 0 saturated carbocycles. The molecular weight excluding hydrogens is 420 g/mol. The molecule has 2 rings (SSSR count). The number of rotatable bonds is 17. The molecule has 2 aromatic heterocycles. The van der Waals surface area contributed by atoms with E-state index in [1.807, 2.05) is 49.3 Å². The molecule has 0 spiro atoms. The minimum atomic E-state index is -0.198. The van der Waals surface area contributed by atoms with Gasteiger partial charge in [-0.25, -0.2) is 0 Å². The molecule has 0 aliphatic rings. The fourth-order valence-electron chi connectivity index (χ4n) is 3.09. The summed E-state index contributed by atoms with van der Waals surface area (Å²) in [4.78, 5) is 0. The lowest BCUT2D eigenvalue weighted by Gasteiger charge is -2.19. The summed E-state index contributed by atoms with van der Waals surface area (Å²) in [7, 11) is 3.73. The smallest absolute Gasteiger partial charge is 0.175 e. The van der Waals surface area contributed by atoms with Gasteiger partial charge in [-0.3, -0.25) is 0 Å². The molecule has 6 nitrogen and oxygen atoms in total. The van der Waals surface area contributed by atoms with E-state index < -0.39 is 0 Å². The van der Waals surface area contributed by atoms with E-state index in [-0.39, 0.29) is 12.6 Å². The first kappa shape index (κ1) is 25.4. The average Bonchev–Trinajstić information content (AvgIpc) is 3.35. The van der Waals surface area contributed by atoms with Gasteiger partial charge >= 0.3 is 0 Å². The summed E-state index contributed by atoms with van der Waals surface area (Å²) in [6.07, 6.45) is 3.79. The van der Waals surface area contributed by atoms with Gasteiger partial charge in [0.2, 0.25) is 0 Å². The molecule has 0 bridgehead atoms. The molecule has 0 amide bonds. The van der Waals surface area contributed by atoms with Gasteiger partial charge in [-0.1, -0.05) is 21.6 Å². The number of hydrogen-bond acceptors (Lipinski definition) is 6. The Balaban J connectivity index is 1.81. The molecule has 2 heterocycles. The summed E-state index contributed by atoms with van der Waals surface area (Å²) < 4.78 is 27.2. The summed E-state index contributed by atoms with van der Waals surface area (Å²) in [5.41, 5.74) is 2.56. The normalized spacial score (nSPS) is 11.8. The predicted molar refractivity (Wildman–Crippen MR) is 126 cm³/mol. The highest BCUT2D eigenvalue weighted by atomic mass is 33.1. The molecule has 0 aliphatic carbocycles. The number of hydrogen-bond donors (Lipinski definition) is 0. The minimum Gasteiger partial charge on any atom is -0.351 e. The third kappa shape index (κ3) is 8.69. The second-order valence-electron chi connectivity index (χ2n) is 6.51. The van der Waals surface area contributed by atoms with Crippen LogP contribution in [0.15, 0.2) is 36.7 Å². The summed E-state index contributed by atoms with van der Waals surface area (Å²) in [6, 6.07) is 8.50. The standard InChI is InChI=1S/C22H36N2O4S2/c1-5-25-21(26-6-2)15-23-13-9-11-19(23)17-29-30-18-20-12-10-14-24(20)16-22(27-7-3)28-8-4/h9-14,21-22H,5-8,15-18H2,1-4H3. The Labute approximate surface area is 189 Å². The van der Waals surface area contributed by atoms with Crippen molar-refractivity contribution in [3.8, 4) is 0 Å². The zero-order valence-electron chi connectivity index (χ0n) is 18.6. The van der Waals surface area contributed by atoms with Crippen molar-refractivity contribution in [3.63, 3.8) is 0 Å². The third-order valence-electron chi connectivity index (χ3n) is 4.45. The molecule has 0 aliphatic heterocycles. The zero-order chi connectivity index (χ0) is 21.6. The van der Waals surface area contributed by atoms with E-state index in [1.54, 1.807) is 0 Å². The van der Waals surface area contributed by atoms with Crippen molar-refractivity contribution in [2.75, 3.05) is 26.4 Å².